The Hall–Kier alpha value is -3.54. The Morgan fingerprint density at radius 1 is 1.24 bits per heavy atom. The minimum Gasteiger partial charge on any atom is -0.495 e. The standard InChI is InChI=1S/C25H24F3N3O3/c1-33-18-6-8-22(30-15-18)19-13-24(31-23(32)20(19)14-29)9-2-4-16-12-17(5-7-21(16)24)34-11-3-10-25(26,27)28/h5-8,12,15H,2-4,9-11,13H2,1H3,(H,31,32)/t24-/m0/s1. The van der Waals surface area contributed by atoms with Crippen molar-refractivity contribution in [2.45, 2.75) is 50.2 Å². The minimum atomic E-state index is -4.20. The maximum Gasteiger partial charge on any atom is 0.389 e. The summed E-state index contributed by atoms with van der Waals surface area (Å²) in [4.78, 5) is 17.4. The molecule has 2 aromatic rings. The van der Waals surface area contributed by atoms with E-state index in [1.54, 1.807) is 24.4 Å². The number of nitrogens with zero attached hydrogens (tertiary/aromatic N) is 2. The Labute approximate surface area is 195 Å². The molecule has 1 N–H and O–H groups in total. The molecule has 1 aromatic heterocycles. The molecular formula is C25H24F3N3O3. The monoisotopic (exact) mass is 471 g/mol. The van der Waals surface area contributed by atoms with Gasteiger partial charge in [-0.25, -0.2) is 0 Å². The zero-order chi connectivity index (χ0) is 24.3. The van der Waals surface area contributed by atoms with Crippen LogP contribution >= 0.6 is 0 Å². The van der Waals surface area contributed by atoms with E-state index in [1.807, 2.05) is 18.2 Å². The third-order valence-corrected chi connectivity index (χ3v) is 6.27. The number of nitrogens with one attached hydrogen (secondary N) is 1. The van der Waals surface area contributed by atoms with E-state index in [9.17, 15) is 23.2 Å². The number of rotatable bonds is 6. The summed E-state index contributed by atoms with van der Waals surface area (Å²) in [5.74, 6) is 0.635. The Morgan fingerprint density at radius 3 is 2.71 bits per heavy atom. The summed E-state index contributed by atoms with van der Waals surface area (Å²) in [7, 11) is 1.53. The van der Waals surface area contributed by atoms with Crippen molar-refractivity contribution < 1.29 is 27.4 Å². The van der Waals surface area contributed by atoms with E-state index in [0.29, 0.717) is 35.6 Å². The number of aromatic nitrogens is 1. The lowest BCUT2D eigenvalue weighted by atomic mass is 9.70. The zero-order valence-electron chi connectivity index (χ0n) is 18.7. The molecule has 0 bridgehead atoms. The van der Waals surface area contributed by atoms with Crippen molar-refractivity contribution in [2.75, 3.05) is 13.7 Å². The van der Waals surface area contributed by atoms with Crippen LogP contribution in [0.25, 0.3) is 5.57 Å². The van der Waals surface area contributed by atoms with Crippen LogP contribution < -0.4 is 14.8 Å². The van der Waals surface area contributed by atoms with Crippen LogP contribution in [-0.4, -0.2) is 30.8 Å². The number of alkyl halides is 3. The molecule has 1 atom stereocenters. The topological polar surface area (TPSA) is 84.2 Å². The summed E-state index contributed by atoms with van der Waals surface area (Å²) in [6.07, 6.45) is -0.989. The summed E-state index contributed by atoms with van der Waals surface area (Å²) in [6.45, 7) is -0.0261. The lowest BCUT2D eigenvalue weighted by Gasteiger charge is -2.43. The minimum absolute atomic E-state index is 0.0261. The summed E-state index contributed by atoms with van der Waals surface area (Å²) in [5.41, 5.74) is 2.37. The predicted molar refractivity (Wildman–Crippen MR) is 118 cm³/mol. The Balaban J connectivity index is 1.61. The van der Waals surface area contributed by atoms with E-state index >= 15 is 0 Å². The van der Waals surface area contributed by atoms with Crippen molar-refractivity contribution in [3.05, 3.63) is 58.9 Å². The highest BCUT2D eigenvalue weighted by Gasteiger charge is 2.44. The highest BCUT2D eigenvalue weighted by molar-refractivity contribution is 6.07. The summed E-state index contributed by atoms with van der Waals surface area (Å²) in [5, 5.41) is 12.7. The molecule has 1 aromatic carbocycles. The molecule has 0 radical (unpaired) electrons. The van der Waals surface area contributed by atoms with E-state index in [0.717, 1.165) is 24.0 Å². The van der Waals surface area contributed by atoms with Crippen LogP contribution in [0.5, 0.6) is 11.5 Å². The molecule has 178 valence electrons. The first-order valence-electron chi connectivity index (χ1n) is 11.0. The molecule has 1 aliphatic carbocycles. The van der Waals surface area contributed by atoms with Gasteiger partial charge in [-0.3, -0.25) is 9.78 Å². The number of aryl methyl sites for hydroxylation is 1. The quantitative estimate of drug-likeness (QED) is 0.610. The fourth-order valence-electron chi connectivity index (χ4n) is 4.69. The number of carbonyl (C=O) groups excluding carboxylic acids is 1. The largest absolute Gasteiger partial charge is 0.495 e. The molecule has 2 aliphatic rings. The second-order valence-corrected chi connectivity index (χ2v) is 8.50. The average Bonchev–Trinajstić information content (AvgIpc) is 2.81. The Morgan fingerprint density at radius 2 is 2.03 bits per heavy atom. The summed E-state index contributed by atoms with van der Waals surface area (Å²) in [6, 6.07) is 10.9. The number of fused-ring (bicyclic) bond motifs is 2. The highest BCUT2D eigenvalue weighted by atomic mass is 19.4. The lowest BCUT2D eigenvalue weighted by molar-refractivity contribution is -0.136. The van der Waals surface area contributed by atoms with Gasteiger partial charge in [-0.2, -0.15) is 18.4 Å². The van der Waals surface area contributed by atoms with Gasteiger partial charge in [-0.1, -0.05) is 6.07 Å². The molecule has 1 spiro atoms. The van der Waals surface area contributed by atoms with E-state index in [1.165, 1.54) is 7.11 Å². The van der Waals surface area contributed by atoms with Gasteiger partial charge in [0, 0.05) is 18.4 Å². The van der Waals surface area contributed by atoms with Gasteiger partial charge in [0.15, 0.2) is 0 Å². The molecule has 1 amide bonds. The molecule has 34 heavy (non-hydrogen) atoms. The van der Waals surface area contributed by atoms with Crippen molar-refractivity contribution in [2.24, 2.45) is 0 Å². The summed E-state index contributed by atoms with van der Waals surface area (Å²) >= 11 is 0. The molecule has 0 saturated heterocycles. The first-order valence-corrected chi connectivity index (χ1v) is 11.0. The molecule has 4 rings (SSSR count). The number of nitriles is 1. The van der Waals surface area contributed by atoms with Gasteiger partial charge >= 0.3 is 6.18 Å². The SMILES string of the molecule is COc1ccc(C2=C(C#N)C(=O)N[C@@]3(CCCc4cc(OCCCC(F)(F)F)ccc43)C2)nc1. The van der Waals surface area contributed by atoms with Crippen molar-refractivity contribution in [1.82, 2.24) is 10.3 Å². The summed E-state index contributed by atoms with van der Waals surface area (Å²) < 4.78 is 47.8. The van der Waals surface area contributed by atoms with Gasteiger partial charge in [0.1, 0.15) is 23.1 Å². The van der Waals surface area contributed by atoms with E-state index < -0.39 is 24.0 Å². The van der Waals surface area contributed by atoms with Crippen molar-refractivity contribution in [1.29, 1.82) is 5.26 Å². The molecule has 0 saturated carbocycles. The number of hydrogen-bond donors (Lipinski definition) is 1. The fraction of sp³-hybridized carbons (Fsp3) is 0.400. The van der Waals surface area contributed by atoms with Crippen LogP contribution in [0.1, 0.15) is 48.9 Å². The van der Waals surface area contributed by atoms with Gasteiger partial charge in [0.05, 0.1) is 31.1 Å². The number of methoxy groups -OCH3 is 1. The second kappa shape index (κ2) is 9.37. The number of carbonyl (C=O) groups is 1. The number of pyridine rings is 1. The smallest absolute Gasteiger partial charge is 0.389 e. The van der Waals surface area contributed by atoms with Gasteiger partial charge < -0.3 is 14.8 Å². The zero-order valence-corrected chi connectivity index (χ0v) is 18.7. The first kappa shape index (κ1) is 23.6. The molecular weight excluding hydrogens is 447 g/mol. The fourth-order valence-corrected chi connectivity index (χ4v) is 4.69. The van der Waals surface area contributed by atoms with Crippen LogP contribution in [0.4, 0.5) is 13.2 Å². The van der Waals surface area contributed by atoms with Crippen molar-refractivity contribution in [3.8, 4) is 17.6 Å². The molecule has 2 heterocycles. The van der Waals surface area contributed by atoms with E-state index in [4.69, 9.17) is 9.47 Å². The van der Waals surface area contributed by atoms with Crippen LogP contribution in [-0.2, 0) is 16.8 Å². The van der Waals surface area contributed by atoms with Gasteiger partial charge in [0.25, 0.3) is 5.91 Å². The number of benzene rings is 1. The Bertz CT molecular complexity index is 1150. The van der Waals surface area contributed by atoms with Crippen LogP contribution in [0.2, 0.25) is 0 Å². The van der Waals surface area contributed by atoms with E-state index in [2.05, 4.69) is 10.3 Å². The van der Waals surface area contributed by atoms with Crippen LogP contribution in [0.15, 0.2) is 42.1 Å². The maximum atomic E-state index is 13.0. The third-order valence-electron chi connectivity index (χ3n) is 6.27. The normalized spacial score (nSPS) is 19.9. The first-order chi connectivity index (χ1) is 16.2. The van der Waals surface area contributed by atoms with Crippen molar-refractivity contribution >= 4 is 11.5 Å². The van der Waals surface area contributed by atoms with E-state index in [-0.39, 0.29) is 18.6 Å². The Kier molecular flexibility index (Phi) is 6.51. The second-order valence-electron chi connectivity index (χ2n) is 8.50. The van der Waals surface area contributed by atoms with Gasteiger partial charge in [-0.05, 0) is 61.1 Å². The maximum absolute atomic E-state index is 13.0. The lowest BCUT2D eigenvalue weighted by Crippen LogP contribution is -2.51. The molecule has 9 heteroatoms. The number of amides is 1. The van der Waals surface area contributed by atoms with Gasteiger partial charge in [0.2, 0.25) is 0 Å². The molecule has 1 aliphatic heterocycles. The third kappa shape index (κ3) is 4.86. The predicted octanol–water partition coefficient (Wildman–Crippen LogP) is 4.84. The number of hydrogen-bond acceptors (Lipinski definition) is 5. The number of halogens is 3. The van der Waals surface area contributed by atoms with Crippen LogP contribution in [0.3, 0.4) is 0 Å². The van der Waals surface area contributed by atoms with Gasteiger partial charge in [-0.15, -0.1) is 0 Å². The average molecular weight is 471 g/mol. The molecule has 0 fully saturated rings. The van der Waals surface area contributed by atoms with Crippen LogP contribution in [0, 0.1) is 11.3 Å². The molecule has 0 unspecified atom stereocenters. The number of ether oxygens (including phenoxy) is 2. The highest BCUT2D eigenvalue weighted by Crippen LogP contribution is 2.45. The van der Waals surface area contributed by atoms with Crippen molar-refractivity contribution in [3.63, 3.8) is 0 Å². The molecule has 6 nitrogen and oxygen atoms in total.